The smallest absolute Gasteiger partial charge is 0 e. The molecule has 0 aromatic heterocycles. The van der Waals surface area contributed by atoms with Gasteiger partial charge in [0.2, 0.25) is 0 Å². The van der Waals surface area contributed by atoms with Gasteiger partial charge in [0, 0.05) is 29.6 Å². The van der Waals surface area contributed by atoms with Crippen LogP contribution >= 0.6 is 26.5 Å². The average molecular weight is 251 g/mol. The molecule has 0 amide bonds. The first-order valence-corrected chi connectivity index (χ1v) is 10.2. The second kappa shape index (κ2) is 6.69. The summed E-state index contributed by atoms with van der Waals surface area (Å²) in [5.41, 5.74) is 0. The van der Waals surface area contributed by atoms with Crippen LogP contribution in [0.15, 0.2) is 0 Å². The number of hydrogen-bond donors (Lipinski definition) is 0. The maximum atomic E-state index is 4.99. The van der Waals surface area contributed by atoms with Crippen molar-refractivity contribution in [3.63, 3.8) is 0 Å². The summed E-state index contributed by atoms with van der Waals surface area (Å²) in [5, 5.41) is 0. The van der Waals surface area contributed by atoms with Crippen molar-refractivity contribution in [1.82, 2.24) is 0 Å². The first-order chi connectivity index (χ1) is 1.73. The molecule has 0 aromatic rings. The molecule has 0 heterocycles. The quantitative estimate of drug-likeness (QED) is 0.569. The van der Waals surface area contributed by atoms with E-state index in [1.807, 2.05) is 0 Å². The second-order valence-corrected chi connectivity index (χ2v) is 11.6. The SMILES string of the molecule is [Cl][Sb]([Cl])[Cl].[Na]. The molecule has 0 aliphatic rings. The van der Waals surface area contributed by atoms with E-state index in [9.17, 15) is 0 Å². The van der Waals surface area contributed by atoms with E-state index in [4.69, 9.17) is 26.5 Å². The van der Waals surface area contributed by atoms with Gasteiger partial charge in [-0.2, -0.15) is 0 Å². The predicted molar refractivity (Wildman–Crippen MR) is 29.1 cm³/mol. The molecule has 0 saturated carbocycles. The molecule has 5 heavy (non-hydrogen) atoms. The Morgan fingerprint density at radius 2 is 1.00 bits per heavy atom. The van der Waals surface area contributed by atoms with Crippen molar-refractivity contribution < 1.29 is 0 Å². The molecule has 0 atom stereocenters. The van der Waals surface area contributed by atoms with Crippen LogP contribution in [0.4, 0.5) is 0 Å². The van der Waals surface area contributed by atoms with E-state index in [1.165, 1.54) is 0 Å². The van der Waals surface area contributed by atoms with Gasteiger partial charge in [0.15, 0.2) is 0 Å². The van der Waals surface area contributed by atoms with Gasteiger partial charge in [-0.3, -0.25) is 0 Å². The Hall–Kier alpha value is 2.69. The van der Waals surface area contributed by atoms with Crippen LogP contribution in [0.5, 0.6) is 0 Å². The summed E-state index contributed by atoms with van der Waals surface area (Å²) in [7, 11) is 15.0. The van der Waals surface area contributed by atoms with Crippen LogP contribution in [-0.4, -0.2) is 46.3 Å². The molecule has 0 aromatic carbocycles. The number of hydrogen-bond acceptors (Lipinski definition) is 0. The van der Waals surface area contributed by atoms with Gasteiger partial charge in [0.1, 0.15) is 0 Å². The third-order valence-electron chi connectivity index (χ3n) is 0. The standard InChI is InChI=1S/3ClH.Na.Sb/h3*1H;;/q;;;;+3/p-3. The topological polar surface area (TPSA) is 0 Å². The Bertz CT molecular complexity index is 11.6. The molecule has 0 N–H and O–H groups in total. The van der Waals surface area contributed by atoms with Crippen LogP contribution < -0.4 is 0 Å². The van der Waals surface area contributed by atoms with Crippen LogP contribution in [0.1, 0.15) is 0 Å². The van der Waals surface area contributed by atoms with Crippen molar-refractivity contribution in [2.45, 2.75) is 0 Å². The third-order valence-corrected chi connectivity index (χ3v) is 0. The zero-order chi connectivity index (χ0) is 3.58. The van der Waals surface area contributed by atoms with E-state index in [0.717, 1.165) is 0 Å². The first-order valence-electron chi connectivity index (χ1n) is 0.507. The predicted octanol–water partition coefficient (Wildman–Crippen LogP) is 1.31. The summed E-state index contributed by atoms with van der Waals surface area (Å²) in [6, 6.07) is 0. The van der Waals surface area contributed by atoms with Gasteiger partial charge in [-0.15, -0.1) is 0 Å². The van der Waals surface area contributed by atoms with Crippen molar-refractivity contribution in [2.75, 3.05) is 0 Å². The van der Waals surface area contributed by atoms with Crippen molar-refractivity contribution in [2.24, 2.45) is 0 Å². The van der Waals surface area contributed by atoms with Gasteiger partial charge >= 0.3 is 43.3 Å². The van der Waals surface area contributed by atoms with Crippen LogP contribution in [0, 0.1) is 0 Å². The molecular weight excluding hydrogens is 251 g/mol. The van der Waals surface area contributed by atoms with E-state index in [0.29, 0.717) is 0 Å². The Morgan fingerprint density at radius 1 is 1.00 bits per heavy atom. The summed E-state index contributed by atoms with van der Waals surface area (Å²) in [6.45, 7) is 0. The Balaban J connectivity index is 0. The van der Waals surface area contributed by atoms with Crippen LogP contribution in [0.25, 0.3) is 0 Å². The second-order valence-electron chi connectivity index (χ2n) is 0.192. The zero-order valence-electron chi connectivity index (χ0n) is 2.58. The summed E-state index contributed by atoms with van der Waals surface area (Å²) < 4.78 is 0. The molecule has 0 aliphatic heterocycles. The Morgan fingerprint density at radius 3 is 1.00 bits per heavy atom. The van der Waals surface area contributed by atoms with Crippen molar-refractivity contribution in [3.05, 3.63) is 0 Å². The van der Waals surface area contributed by atoms with E-state index in [1.54, 1.807) is 0 Å². The van der Waals surface area contributed by atoms with E-state index < -0.39 is 16.8 Å². The Kier molecular flexibility index (Phi) is 14.2. The van der Waals surface area contributed by atoms with Gasteiger partial charge in [-0.05, 0) is 0 Å². The molecule has 0 fully saturated rings. The summed E-state index contributed by atoms with van der Waals surface area (Å²) in [6.07, 6.45) is 0. The zero-order valence-corrected chi connectivity index (χ0v) is 9.40. The molecule has 27 valence electrons. The van der Waals surface area contributed by atoms with Gasteiger partial charge in [-0.1, -0.05) is 0 Å². The summed E-state index contributed by atoms with van der Waals surface area (Å²) in [5.74, 6) is 0. The minimum Gasteiger partial charge on any atom is 0 e. The van der Waals surface area contributed by atoms with Crippen molar-refractivity contribution in [1.29, 1.82) is 0 Å². The summed E-state index contributed by atoms with van der Waals surface area (Å²) >= 11 is -2.03. The largest absolute Gasteiger partial charge is 0 e. The van der Waals surface area contributed by atoms with Crippen LogP contribution in [0.3, 0.4) is 0 Å². The fraction of sp³-hybridized carbons (Fsp3) is 0. The molecule has 5 heteroatoms. The molecular formula is Cl3NaSb. The van der Waals surface area contributed by atoms with Gasteiger partial charge in [0.05, 0.1) is 0 Å². The molecule has 0 nitrogen and oxygen atoms in total. The average Bonchev–Trinajstić information content (AvgIpc) is 0.811. The summed E-state index contributed by atoms with van der Waals surface area (Å²) in [4.78, 5) is 0. The van der Waals surface area contributed by atoms with Gasteiger partial charge < -0.3 is 0 Å². The number of rotatable bonds is 0. The molecule has 0 saturated heterocycles. The van der Waals surface area contributed by atoms with Crippen LogP contribution in [-0.2, 0) is 0 Å². The minimum absolute atomic E-state index is 0. The maximum Gasteiger partial charge on any atom is 0 e. The molecule has 0 rings (SSSR count). The van der Waals surface area contributed by atoms with E-state index >= 15 is 0 Å². The van der Waals surface area contributed by atoms with E-state index in [-0.39, 0.29) is 29.6 Å². The minimum atomic E-state index is -2.03. The molecule has 0 spiro atoms. The first kappa shape index (κ1) is 10.6. The molecule has 1 radical (unpaired) electrons. The van der Waals surface area contributed by atoms with Gasteiger partial charge in [-0.25, -0.2) is 0 Å². The molecule has 0 aliphatic carbocycles. The van der Waals surface area contributed by atoms with Gasteiger partial charge in [0.25, 0.3) is 0 Å². The Labute approximate surface area is 71.4 Å². The molecule has 0 unspecified atom stereocenters. The maximum absolute atomic E-state index is 4.99. The van der Waals surface area contributed by atoms with Crippen molar-refractivity contribution in [3.8, 4) is 0 Å². The third kappa shape index (κ3) is 20.3. The van der Waals surface area contributed by atoms with Crippen molar-refractivity contribution >= 4 is 72.8 Å². The fourth-order valence-corrected chi connectivity index (χ4v) is 0. The van der Waals surface area contributed by atoms with Crippen LogP contribution in [0.2, 0.25) is 0 Å². The normalized spacial score (nSPS) is 7.20. The number of halogens is 3. The van der Waals surface area contributed by atoms with E-state index in [2.05, 4.69) is 0 Å². The fourth-order valence-electron chi connectivity index (χ4n) is 0. The molecule has 0 bridgehead atoms. The monoisotopic (exact) mass is 249 g/mol.